The molecule has 3 nitrogen and oxygen atoms in total. The van der Waals surface area contributed by atoms with E-state index in [1.165, 1.54) is 12.8 Å². The van der Waals surface area contributed by atoms with Crippen LogP contribution in [0.2, 0.25) is 0 Å². The molecule has 0 spiro atoms. The molecule has 26 heavy (non-hydrogen) atoms. The van der Waals surface area contributed by atoms with Crippen LogP contribution in [-0.2, 0) is 0 Å². The van der Waals surface area contributed by atoms with Crippen LogP contribution in [0.1, 0.15) is 46.5 Å². The Morgan fingerprint density at radius 1 is 1.04 bits per heavy atom. The molecule has 1 atom stereocenters. The van der Waals surface area contributed by atoms with Gasteiger partial charge in [0.1, 0.15) is 5.75 Å². The second kappa shape index (κ2) is 10.7. The summed E-state index contributed by atoms with van der Waals surface area (Å²) in [5.74, 6) is 3.00. The van der Waals surface area contributed by atoms with Gasteiger partial charge < -0.3 is 14.2 Å². The monoisotopic (exact) mass is 422 g/mol. The fourth-order valence-corrected chi connectivity index (χ4v) is 3.11. The van der Waals surface area contributed by atoms with Crippen molar-refractivity contribution in [3.05, 3.63) is 30.3 Å². The van der Waals surface area contributed by atoms with Gasteiger partial charge in [-0.1, -0.05) is 42.8 Å². The average molecular weight is 423 g/mol. The third kappa shape index (κ3) is 6.08. The summed E-state index contributed by atoms with van der Waals surface area (Å²) in [5, 5.41) is 2.15. The van der Waals surface area contributed by atoms with E-state index in [2.05, 4.69) is 48.8 Å². The first-order valence-corrected chi connectivity index (χ1v) is 10.5. The maximum atomic E-state index is 5.99. The van der Waals surface area contributed by atoms with Crippen molar-refractivity contribution in [1.29, 1.82) is 0 Å². The molecular formula is C22H31BrO3. The third-order valence-electron chi connectivity index (χ3n) is 4.31. The smallest absolute Gasteiger partial charge is 0.168 e. The van der Waals surface area contributed by atoms with Gasteiger partial charge in [0.15, 0.2) is 11.5 Å². The molecule has 0 aliphatic heterocycles. The number of halogens is 1. The number of alkyl halides is 1. The van der Waals surface area contributed by atoms with Crippen molar-refractivity contribution in [2.24, 2.45) is 5.92 Å². The minimum atomic E-state index is 0.508. The van der Waals surface area contributed by atoms with Gasteiger partial charge in [0.05, 0.1) is 20.3 Å². The summed E-state index contributed by atoms with van der Waals surface area (Å²) < 4.78 is 17.4. The van der Waals surface area contributed by atoms with Gasteiger partial charge >= 0.3 is 0 Å². The number of hydrogen-bond donors (Lipinski definition) is 0. The molecular weight excluding hydrogens is 392 g/mol. The van der Waals surface area contributed by atoms with Crippen molar-refractivity contribution in [2.45, 2.75) is 51.3 Å². The quantitative estimate of drug-likeness (QED) is 0.301. The van der Waals surface area contributed by atoms with Crippen LogP contribution in [0.15, 0.2) is 30.3 Å². The van der Waals surface area contributed by atoms with Gasteiger partial charge in [-0.2, -0.15) is 0 Å². The van der Waals surface area contributed by atoms with Crippen molar-refractivity contribution in [1.82, 2.24) is 0 Å². The number of ether oxygens (including phenoxy) is 3. The van der Waals surface area contributed by atoms with Crippen LogP contribution in [0.5, 0.6) is 17.2 Å². The number of hydrogen-bond acceptors (Lipinski definition) is 3. The van der Waals surface area contributed by atoms with Gasteiger partial charge in [-0.05, 0) is 61.3 Å². The molecule has 0 aromatic heterocycles. The highest BCUT2D eigenvalue weighted by molar-refractivity contribution is 9.09. The first-order valence-electron chi connectivity index (χ1n) is 9.55. The fourth-order valence-electron chi connectivity index (χ4n) is 2.79. The highest BCUT2D eigenvalue weighted by Crippen LogP contribution is 2.37. The zero-order valence-corrected chi connectivity index (χ0v) is 18.0. The van der Waals surface area contributed by atoms with Gasteiger partial charge in [-0.25, -0.2) is 0 Å². The molecule has 0 bridgehead atoms. The normalized spacial score (nSPS) is 12.4. The van der Waals surface area contributed by atoms with E-state index in [4.69, 9.17) is 14.2 Å². The lowest BCUT2D eigenvalue weighted by molar-refractivity contribution is 0.271. The maximum Gasteiger partial charge on any atom is 0.168 e. The lowest BCUT2D eigenvalue weighted by atomic mass is 10.1. The van der Waals surface area contributed by atoms with Gasteiger partial charge in [0.25, 0.3) is 0 Å². The zero-order valence-electron chi connectivity index (χ0n) is 16.4. The second-order valence-electron chi connectivity index (χ2n) is 7.03. The molecule has 0 saturated heterocycles. The van der Waals surface area contributed by atoms with Crippen LogP contribution in [-0.4, -0.2) is 25.2 Å². The number of methoxy groups -OCH3 is 1. The lowest BCUT2D eigenvalue weighted by Crippen LogP contribution is -2.04. The van der Waals surface area contributed by atoms with Crippen LogP contribution in [0.4, 0.5) is 0 Å². The Morgan fingerprint density at radius 2 is 1.85 bits per heavy atom. The molecule has 0 aliphatic carbocycles. The fraction of sp³-hybridized carbons (Fsp3) is 0.545. The van der Waals surface area contributed by atoms with Crippen LogP contribution in [0, 0.1) is 5.92 Å². The van der Waals surface area contributed by atoms with E-state index < -0.39 is 0 Å². The SMILES string of the molecule is CCC(Br)CCCCOc1ccc2cc(OCC(C)C)ccc2c1OC. The largest absolute Gasteiger partial charge is 0.493 e. The van der Waals surface area contributed by atoms with Gasteiger partial charge in [-0.15, -0.1) is 0 Å². The van der Waals surface area contributed by atoms with E-state index >= 15 is 0 Å². The molecule has 0 radical (unpaired) electrons. The molecule has 0 saturated carbocycles. The summed E-state index contributed by atoms with van der Waals surface area (Å²) >= 11 is 3.68. The zero-order chi connectivity index (χ0) is 18.9. The summed E-state index contributed by atoms with van der Waals surface area (Å²) in [5.41, 5.74) is 0. The topological polar surface area (TPSA) is 27.7 Å². The molecule has 0 fully saturated rings. The summed E-state index contributed by atoms with van der Waals surface area (Å²) in [6.07, 6.45) is 4.57. The van der Waals surface area contributed by atoms with Crippen LogP contribution in [0.3, 0.4) is 0 Å². The van der Waals surface area contributed by atoms with Crippen molar-refractivity contribution >= 4 is 26.7 Å². The Balaban J connectivity index is 2.03. The van der Waals surface area contributed by atoms with Gasteiger partial charge in [0, 0.05) is 10.2 Å². The summed E-state index contributed by atoms with van der Waals surface area (Å²) in [4.78, 5) is 0.616. The minimum absolute atomic E-state index is 0.508. The molecule has 1 unspecified atom stereocenters. The summed E-state index contributed by atoms with van der Waals surface area (Å²) in [7, 11) is 1.70. The van der Waals surface area contributed by atoms with E-state index in [0.29, 0.717) is 17.4 Å². The van der Waals surface area contributed by atoms with E-state index in [1.807, 2.05) is 18.2 Å². The number of rotatable bonds is 11. The van der Waals surface area contributed by atoms with E-state index in [9.17, 15) is 0 Å². The molecule has 144 valence electrons. The Labute approximate surface area is 166 Å². The van der Waals surface area contributed by atoms with E-state index in [-0.39, 0.29) is 0 Å². The van der Waals surface area contributed by atoms with Gasteiger partial charge in [-0.3, -0.25) is 0 Å². The number of fused-ring (bicyclic) bond motifs is 1. The Bertz CT molecular complexity index is 684. The van der Waals surface area contributed by atoms with Gasteiger partial charge in [0.2, 0.25) is 0 Å². The minimum Gasteiger partial charge on any atom is -0.493 e. The molecule has 2 rings (SSSR count). The predicted molar refractivity (Wildman–Crippen MR) is 113 cm³/mol. The van der Waals surface area contributed by atoms with E-state index in [1.54, 1.807) is 7.11 Å². The van der Waals surface area contributed by atoms with Crippen molar-refractivity contribution in [3.8, 4) is 17.2 Å². The third-order valence-corrected chi connectivity index (χ3v) is 5.41. The van der Waals surface area contributed by atoms with Crippen molar-refractivity contribution < 1.29 is 14.2 Å². The molecule has 2 aromatic rings. The Morgan fingerprint density at radius 3 is 2.54 bits per heavy atom. The summed E-state index contributed by atoms with van der Waals surface area (Å²) in [6, 6.07) is 10.2. The first kappa shape index (κ1) is 20.9. The standard InChI is InChI=1S/C22H31BrO3/c1-5-18(23)8-6-7-13-25-21-12-9-17-14-19(26-15-16(2)3)10-11-20(17)22(21)24-4/h9-12,14,16,18H,5-8,13,15H2,1-4H3. The number of unbranched alkanes of at least 4 members (excludes halogenated alkanes) is 1. The molecule has 0 heterocycles. The molecule has 0 N–H and O–H groups in total. The Hall–Kier alpha value is -1.42. The predicted octanol–water partition coefficient (Wildman–Crippen LogP) is 6.61. The highest BCUT2D eigenvalue weighted by Gasteiger charge is 2.11. The highest BCUT2D eigenvalue weighted by atomic mass is 79.9. The average Bonchev–Trinajstić information content (AvgIpc) is 2.65. The molecule has 4 heteroatoms. The van der Waals surface area contributed by atoms with Crippen molar-refractivity contribution in [3.63, 3.8) is 0 Å². The molecule has 0 aliphatic rings. The first-order chi connectivity index (χ1) is 12.5. The Kier molecular flexibility index (Phi) is 8.56. The summed E-state index contributed by atoms with van der Waals surface area (Å²) in [6.45, 7) is 7.93. The maximum absolute atomic E-state index is 5.99. The van der Waals surface area contributed by atoms with E-state index in [0.717, 1.165) is 47.5 Å². The lowest BCUT2D eigenvalue weighted by Gasteiger charge is -2.15. The second-order valence-corrected chi connectivity index (χ2v) is 8.33. The molecule has 0 amide bonds. The molecule has 2 aromatic carbocycles. The van der Waals surface area contributed by atoms with Crippen LogP contribution >= 0.6 is 15.9 Å². The van der Waals surface area contributed by atoms with Crippen LogP contribution < -0.4 is 14.2 Å². The van der Waals surface area contributed by atoms with Crippen LogP contribution in [0.25, 0.3) is 10.8 Å². The van der Waals surface area contributed by atoms with Crippen molar-refractivity contribution in [2.75, 3.05) is 20.3 Å². The number of benzene rings is 2.